The van der Waals surface area contributed by atoms with Crippen molar-refractivity contribution in [2.75, 3.05) is 12.3 Å². The number of nitriles is 1. The van der Waals surface area contributed by atoms with Gasteiger partial charge in [0.1, 0.15) is 6.07 Å². The summed E-state index contributed by atoms with van der Waals surface area (Å²) in [5.74, 6) is 0. The zero-order valence-corrected chi connectivity index (χ0v) is 11.8. The number of halogens is 2. The van der Waals surface area contributed by atoms with Crippen molar-refractivity contribution in [3.63, 3.8) is 0 Å². The summed E-state index contributed by atoms with van der Waals surface area (Å²) in [6, 6.07) is 5.39. The molecule has 0 fully saturated rings. The van der Waals surface area contributed by atoms with Crippen molar-refractivity contribution in [1.29, 1.82) is 5.26 Å². The predicted molar refractivity (Wildman–Crippen MR) is 75.9 cm³/mol. The highest BCUT2D eigenvalue weighted by Crippen LogP contribution is 2.27. The van der Waals surface area contributed by atoms with E-state index < -0.39 is 6.10 Å². The van der Waals surface area contributed by atoms with Crippen molar-refractivity contribution < 1.29 is 5.11 Å². The highest BCUT2D eigenvalue weighted by molar-refractivity contribution is 6.33. The van der Waals surface area contributed by atoms with Crippen LogP contribution in [0.1, 0.15) is 31.1 Å². The van der Waals surface area contributed by atoms with Gasteiger partial charge >= 0.3 is 0 Å². The second-order valence-corrected chi connectivity index (χ2v) is 4.56. The molecule has 0 radical (unpaired) electrons. The van der Waals surface area contributed by atoms with Crippen LogP contribution in [-0.4, -0.2) is 17.7 Å². The van der Waals surface area contributed by atoms with Gasteiger partial charge in [-0.15, -0.1) is 12.4 Å². The van der Waals surface area contributed by atoms with Crippen molar-refractivity contribution in [1.82, 2.24) is 5.32 Å². The fourth-order valence-corrected chi connectivity index (χ4v) is 1.62. The van der Waals surface area contributed by atoms with Crippen LogP contribution in [0.4, 0.5) is 5.69 Å². The molecule has 1 aromatic carbocycles. The summed E-state index contributed by atoms with van der Waals surface area (Å²) in [6.45, 7) is 4.38. The molecule has 0 aliphatic carbocycles. The molecule has 100 valence electrons. The van der Waals surface area contributed by atoms with E-state index in [1.165, 1.54) is 0 Å². The molecule has 1 rings (SSSR count). The van der Waals surface area contributed by atoms with Gasteiger partial charge < -0.3 is 16.2 Å². The number of anilines is 1. The molecular weight excluding hydrogens is 273 g/mol. The average molecular weight is 290 g/mol. The Morgan fingerprint density at radius 3 is 2.61 bits per heavy atom. The highest BCUT2D eigenvalue weighted by atomic mass is 35.5. The molecular formula is C12H17Cl2N3O. The molecule has 1 atom stereocenters. The summed E-state index contributed by atoms with van der Waals surface area (Å²) in [7, 11) is 0. The number of nitrogens with zero attached hydrogens (tertiary/aromatic N) is 1. The first-order valence-electron chi connectivity index (χ1n) is 5.36. The van der Waals surface area contributed by atoms with Gasteiger partial charge in [-0.2, -0.15) is 5.26 Å². The standard InChI is InChI=1S/C12H16ClN3O.ClH/c1-7(2)16-6-11(17)8-3-9(5-14)12(15)10(13)4-8;/h3-4,7,11,16-17H,6,15H2,1-2H3;1H. The molecule has 0 saturated carbocycles. The van der Waals surface area contributed by atoms with Crippen LogP contribution in [0.3, 0.4) is 0 Å². The third-order valence-electron chi connectivity index (χ3n) is 2.38. The average Bonchev–Trinajstić information content (AvgIpc) is 2.29. The second kappa shape index (κ2) is 7.45. The van der Waals surface area contributed by atoms with Gasteiger partial charge in [0.15, 0.2) is 0 Å². The van der Waals surface area contributed by atoms with E-state index in [9.17, 15) is 5.11 Å². The Labute approximate surface area is 118 Å². The minimum atomic E-state index is -0.706. The zero-order chi connectivity index (χ0) is 13.0. The van der Waals surface area contributed by atoms with Crippen molar-refractivity contribution in [3.8, 4) is 6.07 Å². The summed E-state index contributed by atoms with van der Waals surface area (Å²) in [5.41, 5.74) is 6.76. The van der Waals surface area contributed by atoms with Crippen LogP contribution in [0.15, 0.2) is 12.1 Å². The van der Waals surface area contributed by atoms with Gasteiger partial charge in [0.25, 0.3) is 0 Å². The van der Waals surface area contributed by atoms with Crippen LogP contribution in [-0.2, 0) is 0 Å². The van der Waals surface area contributed by atoms with Crippen LogP contribution >= 0.6 is 24.0 Å². The number of nitrogens with two attached hydrogens (primary N) is 1. The van der Waals surface area contributed by atoms with Crippen molar-refractivity contribution in [2.45, 2.75) is 26.0 Å². The minimum absolute atomic E-state index is 0. The van der Waals surface area contributed by atoms with E-state index in [1.807, 2.05) is 19.9 Å². The quantitative estimate of drug-likeness (QED) is 0.743. The van der Waals surface area contributed by atoms with Crippen molar-refractivity contribution in [3.05, 3.63) is 28.3 Å². The van der Waals surface area contributed by atoms with E-state index in [-0.39, 0.29) is 29.7 Å². The highest BCUT2D eigenvalue weighted by Gasteiger charge is 2.13. The molecule has 1 unspecified atom stereocenters. The lowest BCUT2D eigenvalue weighted by atomic mass is 10.0. The lowest BCUT2D eigenvalue weighted by Crippen LogP contribution is -2.27. The molecule has 1 aromatic rings. The smallest absolute Gasteiger partial charge is 0.101 e. The SMILES string of the molecule is CC(C)NCC(O)c1cc(Cl)c(N)c(C#N)c1.Cl. The maximum absolute atomic E-state index is 9.93. The van der Waals surface area contributed by atoms with Crippen LogP contribution in [0.25, 0.3) is 0 Å². The largest absolute Gasteiger partial charge is 0.396 e. The predicted octanol–water partition coefficient (Wildman–Crippen LogP) is 2.25. The number of aliphatic hydroxyl groups is 1. The van der Waals surface area contributed by atoms with Crippen LogP contribution in [0, 0.1) is 11.3 Å². The molecule has 18 heavy (non-hydrogen) atoms. The molecule has 0 aliphatic heterocycles. The van der Waals surface area contributed by atoms with E-state index in [2.05, 4.69) is 5.32 Å². The number of hydrogen-bond acceptors (Lipinski definition) is 4. The number of nitrogen functional groups attached to an aromatic ring is 1. The van der Waals surface area contributed by atoms with Gasteiger partial charge in [-0.05, 0) is 17.7 Å². The molecule has 0 spiro atoms. The summed E-state index contributed by atoms with van der Waals surface area (Å²) in [5, 5.41) is 22.2. The lowest BCUT2D eigenvalue weighted by Gasteiger charge is -2.15. The number of hydrogen-bond donors (Lipinski definition) is 3. The Morgan fingerprint density at radius 2 is 2.11 bits per heavy atom. The molecule has 0 aromatic heterocycles. The maximum Gasteiger partial charge on any atom is 0.101 e. The first kappa shape index (κ1) is 17.0. The second-order valence-electron chi connectivity index (χ2n) is 4.15. The van der Waals surface area contributed by atoms with E-state index in [0.717, 1.165) is 0 Å². The van der Waals surface area contributed by atoms with E-state index in [1.54, 1.807) is 12.1 Å². The fraction of sp³-hybridized carbons (Fsp3) is 0.417. The van der Waals surface area contributed by atoms with Gasteiger partial charge in [-0.3, -0.25) is 0 Å². The Hall–Kier alpha value is -0.990. The van der Waals surface area contributed by atoms with E-state index in [4.69, 9.17) is 22.6 Å². The number of aliphatic hydroxyl groups excluding tert-OH is 1. The maximum atomic E-state index is 9.93. The molecule has 4 N–H and O–H groups in total. The van der Waals surface area contributed by atoms with Crippen LogP contribution < -0.4 is 11.1 Å². The Kier molecular flexibility index (Phi) is 7.04. The van der Waals surface area contributed by atoms with Crippen molar-refractivity contribution >= 4 is 29.7 Å². The third-order valence-corrected chi connectivity index (χ3v) is 2.69. The Morgan fingerprint density at radius 1 is 1.50 bits per heavy atom. The lowest BCUT2D eigenvalue weighted by molar-refractivity contribution is 0.171. The molecule has 4 nitrogen and oxygen atoms in total. The summed E-state index contributed by atoms with van der Waals surface area (Å²) >= 11 is 5.90. The first-order valence-corrected chi connectivity index (χ1v) is 5.74. The van der Waals surface area contributed by atoms with Gasteiger partial charge in [0.05, 0.1) is 22.4 Å². The minimum Gasteiger partial charge on any atom is -0.396 e. The Balaban J connectivity index is 0.00000289. The monoisotopic (exact) mass is 289 g/mol. The summed E-state index contributed by atoms with van der Waals surface area (Å²) < 4.78 is 0. The molecule has 0 amide bonds. The molecule has 0 bridgehead atoms. The van der Waals surface area contributed by atoms with E-state index in [0.29, 0.717) is 17.1 Å². The van der Waals surface area contributed by atoms with Gasteiger partial charge in [0.2, 0.25) is 0 Å². The normalized spacial score (nSPS) is 11.8. The van der Waals surface area contributed by atoms with Gasteiger partial charge in [0, 0.05) is 12.6 Å². The molecule has 0 heterocycles. The third kappa shape index (κ3) is 4.35. The van der Waals surface area contributed by atoms with Gasteiger partial charge in [-0.1, -0.05) is 25.4 Å². The molecule has 0 aliphatic rings. The summed E-state index contributed by atoms with van der Waals surface area (Å²) in [6.07, 6.45) is -0.706. The van der Waals surface area contributed by atoms with Gasteiger partial charge in [-0.25, -0.2) is 0 Å². The topological polar surface area (TPSA) is 82.1 Å². The molecule has 6 heteroatoms. The number of nitrogens with one attached hydrogen (secondary N) is 1. The first-order chi connectivity index (χ1) is 7.95. The number of benzene rings is 1. The zero-order valence-electron chi connectivity index (χ0n) is 10.3. The van der Waals surface area contributed by atoms with Crippen LogP contribution in [0.2, 0.25) is 5.02 Å². The van der Waals surface area contributed by atoms with Crippen molar-refractivity contribution in [2.24, 2.45) is 0 Å². The fourth-order valence-electron chi connectivity index (χ4n) is 1.39. The van der Waals surface area contributed by atoms with Crippen LogP contribution in [0.5, 0.6) is 0 Å². The van der Waals surface area contributed by atoms with E-state index >= 15 is 0 Å². The number of rotatable bonds is 4. The summed E-state index contributed by atoms with van der Waals surface area (Å²) in [4.78, 5) is 0. The Bertz CT molecular complexity index is 444. The molecule has 0 saturated heterocycles.